The van der Waals surface area contributed by atoms with Gasteiger partial charge in [-0.1, -0.05) is 12.1 Å². The number of anilines is 1. The molecule has 0 radical (unpaired) electrons. The van der Waals surface area contributed by atoms with E-state index in [4.69, 9.17) is 4.42 Å². The normalized spacial score (nSPS) is 10.8. The lowest BCUT2D eigenvalue weighted by Gasteiger charge is -2.05. The highest BCUT2D eigenvalue weighted by Gasteiger charge is 2.16. The zero-order valence-electron chi connectivity index (χ0n) is 13.9. The van der Waals surface area contributed by atoms with Gasteiger partial charge >= 0.3 is 6.61 Å². The zero-order chi connectivity index (χ0) is 19.4. The third kappa shape index (κ3) is 4.94. The molecule has 0 bridgehead atoms. The Hall–Kier alpha value is -3.14. The average molecular weight is 393 g/mol. The molecule has 140 valence electrons. The molecule has 0 saturated heterocycles. The van der Waals surface area contributed by atoms with Crippen molar-refractivity contribution in [2.24, 2.45) is 0 Å². The number of benzene rings is 1. The predicted octanol–water partition coefficient (Wildman–Crippen LogP) is 3.78. The van der Waals surface area contributed by atoms with Gasteiger partial charge in [-0.25, -0.2) is 4.98 Å². The predicted molar refractivity (Wildman–Crippen MR) is 93.0 cm³/mol. The van der Waals surface area contributed by atoms with Crippen LogP contribution in [0.1, 0.15) is 23.3 Å². The first kappa shape index (κ1) is 18.6. The number of amides is 1. The Kier molecular flexibility index (Phi) is 5.55. The molecular weight excluding hydrogens is 380 g/mol. The van der Waals surface area contributed by atoms with Crippen LogP contribution in [-0.4, -0.2) is 27.7 Å². The van der Waals surface area contributed by atoms with E-state index in [1.165, 1.54) is 31.4 Å². The Balaban J connectivity index is 1.70. The van der Waals surface area contributed by atoms with Crippen molar-refractivity contribution in [2.75, 3.05) is 5.32 Å². The van der Waals surface area contributed by atoms with Crippen molar-refractivity contribution in [3.8, 4) is 16.9 Å². The standard InChI is InChI=1S/C17H13F2N3O4S/c1-9(23)5-14-20-17(27-22-14)21-15(24)13-7-11(8-25-13)10-3-2-4-12(6-10)26-16(18)19/h2-4,6-8,16H,5H2,1H3,(H,20,21,22,24). The van der Waals surface area contributed by atoms with Gasteiger partial charge in [-0.05, 0) is 30.7 Å². The van der Waals surface area contributed by atoms with Crippen LogP contribution in [0.4, 0.5) is 13.9 Å². The minimum absolute atomic E-state index is 0.00145. The lowest BCUT2D eigenvalue weighted by molar-refractivity contribution is -0.116. The molecule has 2 aromatic heterocycles. The molecule has 0 spiro atoms. The summed E-state index contributed by atoms with van der Waals surface area (Å²) in [5.41, 5.74) is 1.07. The van der Waals surface area contributed by atoms with Crippen LogP contribution in [0.3, 0.4) is 0 Å². The van der Waals surface area contributed by atoms with Gasteiger partial charge in [-0.15, -0.1) is 0 Å². The second-order valence-electron chi connectivity index (χ2n) is 5.45. The molecular formula is C17H13F2N3O4S. The summed E-state index contributed by atoms with van der Waals surface area (Å²) in [7, 11) is 0. The fourth-order valence-corrected chi connectivity index (χ4v) is 2.80. The highest BCUT2D eigenvalue weighted by molar-refractivity contribution is 7.09. The number of aromatic nitrogens is 2. The maximum atomic E-state index is 12.3. The van der Waals surface area contributed by atoms with E-state index in [2.05, 4.69) is 19.4 Å². The molecule has 1 amide bonds. The summed E-state index contributed by atoms with van der Waals surface area (Å²) in [6.07, 6.45) is 1.42. The summed E-state index contributed by atoms with van der Waals surface area (Å²) in [5, 5.41) is 2.77. The van der Waals surface area contributed by atoms with E-state index in [0.29, 0.717) is 17.0 Å². The van der Waals surface area contributed by atoms with Crippen LogP contribution in [0.5, 0.6) is 5.75 Å². The topological polar surface area (TPSA) is 94.3 Å². The summed E-state index contributed by atoms with van der Waals surface area (Å²) in [4.78, 5) is 27.3. The lowest BCUT2D eigenvalue weighted by atomic mass is 10.1. The second-order valence-corrected chi connectivity index (χ2v) is 6.21. The van der Waals surface area contributed by atoms with Crippen LogP contribution in [0.2, 0.25) is 0 Å². The van der Waals surface area contributed by atoms with Gasteiger partial charge in [-0.3, -0.25) is 14.9 Å². The maximum absolute atomic E-state index is 12.3. The fraction of sp³-hybridized carbons (Fsp3) is 0.176. The second kappa shape index (κ2) is 8.04. The number of rotatable bonds is 7. The first-order valence-electron chi connectivity index (χ1n) is 7.68. The van der Waals surface area contributed by atoms with Crippen LogP contribution < -0.4 is 10.1 Å². The number of Topliss-reactive ketones (excluding diaryl/α,β-unsaturated/α-hetero) is 1. The number of alkyl halides is 2. The van der Waals surface area contributed by atoms with Gasteiger partial charge in [-0.2, -0.15) is 13.2 Å². The van der Waals surface area contributed by atoms with Crippen molar-refractivity contribution in [1.29, 1.82) is 0 Å². The van der Waals surface area contributed by atoms with E-state index in [9.17, 15) is 18.4 Å². The van der Waals surface area contributed by atoms with Crippen LogP contribution in [0.15, 0.2) is 41.0 Å². The van der Waals surface area contributed by atoms with Crippen LogP contribution in [0, 0.1) is 0 Å². The molecule has 0 aliphatic rings. The number of nitrogens with one attached hydrogen (secondary N) is 1. The van der Waals surface area contributed by atoms with Gasteiger partial charge in [0.05, 0.1) is 12.7 Å². The largest absolute Gasteiger partial charge is 0.459 e. The zero-order valence-corrected chi connectivity index (χ0v) is 14.8. The summed E-state index contributed by atoms with van der Waals surface area (Å²) in [6, 6.07) is 7.50. The monoisotopic (exact) mass is 393 g/mol. The van der Waals surface area contributed by atoms with Gasteiger partial charge in [0, 0.05) is 17.1 Å². The van der Waals surface area contributed by atoms with Crippen molar-refractivity contribution in [3.05, 3.63) is 48.2 Å². The van der Waals surface area contributed by atoms with E-state index >= 15 is 0 Å². The Morgan fingerprint density at radius 1 is 1.30 bits per heavy atom. The molecule has 0 saturated carbocycles. The van der Waals surface area contributed by atoms with Gasteiger partial charge in [0.1, 0.15) is 11.5 Å². The van der Waals surface area contributed by atoms with Crippen LogP contribution in [-0.2, 0) is 11.2 Å². The molecule has 10 heteroatoms. The molecule has 0 aliphatic carbocycles. The minimum atomic E-state index is -2.93. The van der Waals surface area contributed by atoms with Crippen molar-refractivity contribution < 1.29 is 27.5 Å². The quantitative estimate of drug-likeness (QED) is 0.656. The highest BCUT2D eigenvalue weighted by atomic mass is 32.1. The highest BCUT2D eigenvalue weighted by Crippen LogP contribution is 2.27. The third-order valence-electron chi connectivity index (χ3n) is 3.31. The molecule has 27 heavy (non-hydrogen) atoms. The molecule has 0 atom stereocenters. The van der Waals surface area contributed by atoms with Gasteiger partial charge in [0.15, 0.2) is 11.6 Å². The molecule has 0 fully saturated rings. The summed E-state index contributed by atoms with van der Waals surface area (Å²) >= 11 is 0.951. The molecule has 3 aromatic rings. The molecule has 0 unspecified atom stereocenters. The third-order valence-corrected chi connectivity index (χ3v) is 3.98. The summed E-state index contributed by atoms with van der Waals surface area (Å²) in [5.74, 6) is -0.292. The Morgan fingerprint density at radius 2 is 2.11 bits per heavy atom. The number of ketones is 1. The maximum Gasteiger partial charge on any atom is 0.387 e. The van der Waals surface area contributed by atoms with Crippen molar-refractivity contribution >= 4 is 28.4 Å². The number of ether oxygens (including phenoxy) is 1. The number of carbonyl (C=O) groups is 2. The number of hydrogen-bond donors (Lipinski definition) is 1. The van der Waals surface area contributed by atoms with E-state index < -0.39 is 12.5 Å². The van der Waals surface area contributed by atoms with Crippen molar-refractivity contribution in [1.82, 2.24) is 9.36 Å². The number of hydrogen-bond acceptors (Lipinski definition) is 7. The van der Waals surface area contributed by atoms with Crippen molar-refractivity contribution in [2.45, 2.75) is 20.0 Å². The number of furan rings is 1. The fourth-order valence-electron chi connectivity index (χ4n) is 2.22. The van der Waals surface area contributed by atoms with E-state index in [1.54, 1.807) is 12.1 Å². The lowest BCUT2D eigenvalue weighted by Crippen LogP contribution is -2.10. The van der Waals surface area contributed by atoms with Crippen LogP contribution in [0.25, 0.3) is 11.1 Å². The van der Waals surface area contributed by atoms with E-state index in [1.807, 2.05) is 0 Å². The Bertz CT molecular complexity index is 971. The summed E-state index contributed by atoms with van der Waals surface area (Å²) < 4.78 is 38.2. The molecule has 0 aliphatic heterocycles. The molecule has 7 nitrogen and oxygen atoms in total. The Morgan fingerprint density at radius 3 is 2.85 bits per heavy atom. The first-order chi connectivity index (χ1) is 12.9. The number of halogens is 2. The van der Waals surface area contributed by atoms with Crippen molar-refractivity contribution in [3.63, 3.8) is 0 Å². The van der Waals surface area contributed by atoms with Gasteiger partial charge < -0.3 is 9.15 Å². The smallest absolute Gasteiger partial charge is 0.387 e. The van der Waals surface area contributed by atoms with Gasteiger partial charge in [0.25, 0.3) is 5.91 Å². The van der Waals surface area contributed by atoms with E-state index in [0.717, 1.165) is 11.5 Å². The molecule has 3 rings (SSSR count). The number of carbonyl (C=O) groups excluding carboxylic acids is 2. The molecule has 1 N–H and O–H groups in total. The first-order valence-corrected chi connectivity index (χ1v) is 8.45. The average Bonchev–Trinajstić information content (AvgIpc) is 3.23. The number of nitrogens with zero attached hydrogens (tertiary/aromatic N) is 2. The molecule has 2 heterocycles. The minimum Gasteiger partial charge on any atom is -0.459 e. The van der Waals surface area contributed by atoms with Crippen LogP contribution >= 0.6 is 11.5 Å². The van der Waals surface area contributed by atoms with Gasteiger partial charge in [0.2, 0.25) is 5.13 Å². The molecule has 1 aromatic carbocycles. The Labute approximate surface area is 156 Å². The summed E-state index contributed by atoms with van der Waals surface area (Å²) in [6.45, 7) is -1.50. The SMILES string of the molecule is CC(=O)Cc1nsc(NC(=O)c2cc(-c3cccc(OC(F)F)c3)co2)n1. The van der Waals surface area contributed by atoms with E-state index in [-0.39, 0.29) is 28.8 Å².